The van der Waals surface area contributed by atoms with E-state index in [0.29, 0.717) is 0 Å². The second kappa shape index (κ2) is 3.50. The van der Waals surface area contributed by atoms with Crippen LogP contribution in [0.25, 0.3) is 0 Å². The lowest BCUT2D eigenvalue weighted by molar-refractivity contribution is 0.394. The van der Waals surface area contributed by atoms with Gasteiger partial charge in [-0.3, -0.25) is 0 Å². The van der Waals surface area contributed by atoms with Gasteiger partial charge in [-0.1, -0.05) is 19.8 Å². The van der Waals surface area contributed by atoms with Gasteiger partial charge in [0.25, 0.3) is 0 Å². The summed E-state index contributed by atoms with van der Waals surface area (Å²) >= 11 is 2.05. The standard InChI is InChI=1S/C8H16S/c1-7-4-3-5-8(6-7)9-2/h7-8H,3-6H2,1-2H3. The Bertz CT molecular complexity index is 80.6. The van der Waals surface area contributed by atoms with Gasteiger partial charge in [0.2, 0.25) is 0 Å². The third-order valence-electron chi connectivity index (χ3n) is 2.22. The predicted molar refractivity (Wildman–Crippen MR) is 44.9 cm³/mol. The van der Waals surface area contributed by atoms with E-state index in [-0.39, 0.29) is 0 Å². The minimum atomic E-state index is 0.980. The van der Waals surface area contributed by atoms with E-state index in [9.17, 15) is 0 Å². The molecule has 1 saturated carbocycles. The Labute approximate surface area is 62.4 Å². The highest BCUT2D eigenvalue weighted by atomic mass is 32.2. The fourth-order valence-electron chi connectivity index (χ4n) is 1.59. The molecule has 54 valence electrons. The summed E-state index contributed by atoms with van der Waals surface area (Å²) in [5.74, 6) is 0.996. The van der Waals surface area contributed by atoms with Crippen LogP contribution in [0.15, 0.2) is 0 Å². The normalized spacial score (nSPS) is 36.7. The molecule has 0 aliphatic heterocycles. The molecule has 1 heteroatoms. The predicted octanol–water partition coefficient (Wildman–Crippen LogP) is 2.93. The first-order chi connectivity index (χ1) is 4.33. The van der Waals surface area contributed by atoms with E-state index in [2.05, 4.69) is 13.2 Å². The van der Waals surface area contributed by atoms with Gasteiger partial charge < -0.3 is 0 Å². The van der Waals surface area contributed by atoms with Crippen LogP contribution in [-0.2, 0) is 0 Å². The summed E-state index contributed by atoms with van der Waals surface area (Å²) in [5.41, 5.74) is 0. The van der Waals surface area contributed by atoms with Crippen molar-refractivity contribution < 1.29 is 0 Å². The van der Waals surface area contributed by atoms with Crippen molar-refractivity contribution in [1.29, 1.82) is 0 Å². The molecule has 0 aromatic carbocycles. The van der Waals surface area contributed by atoms with Gasteiger partial charge in [0.1, 0.15) is 0 Å². The summed E-state index contributed by atoms with van der Waals surface area (Å²) in [6, 6.07) is 0. The average molecular weight is 144 g/mol. The van der Waals surface area contributed by atoms with Crippen molar-refractivity contribution in [3.63, 3.8) is 0 Å². The first-order valence-electron chi connectivity index (χ1n) is 3.85. The Morgan fingerprint density at radius 3 is 2.56 bits per heavy atom. The Balaban J connectivity index is 2.23. The minimum Gasteiger partial charge on any atom is -0.162 e. The van der Waals surface area contributed by atoms with Crippen LogP contribution >= 0.6 is 11.8 Å². The monoisotopic (exact) mass is 144 g/mol. The van der Waals surface area contributed by atoms with Gasteiger partial charge in [-0.2, -0.15) is 11.8 Å². The topological polar surface area (TPSA) is 0 Å². The highest BCUT2D eigenvalue weighted by molar-refractivity contribution is 7.99. The van der Waals surface area contributed by atoms with Gasteiger partial charge in [-0.15, -0.1) is 0 Å². The molecule has 1 rings (SSSR count). The van der Waals surface area contributed by atoms with Gasteiger partial charge in [0, 0.05) is 5.25 Å². The molecule has 2 unspecified atom stereocenters. The SMILES string of the molecule is CSC1CCCC(C)C1. The van der Waals surface area contributed by atoms with E-state index in [1.165, 1.54) is 25.7 Å². The van der Waals surface area contributed by atoms with Gasteiger partial charge >= 0.3 is 0 Å². The highest BCUT2D eigenvalue weighted by Crippen LogP contribution is 2.30. The summed E-state index contributed by atoms with van der Waals surface area (Å²) in [6.45, 7) is 2.38. The second-order valence-corrected chi connectivity index (χ2v) is 4.27. The van der Waals surface area contributed by atoms with Crippen LogP contribution in [0.5, 0.6) is 0 Å². The third kappa shape index (κ3) is 2.21. The van der Waals surface area contributed by atoms with Gasteiger partial charge in [0.05, 0.1) is 0 Å². The second-order valence-electron chi connectivity index (χ2n) is 3.13. The summed E-state index contributed by atoms with van der Waals surface area (Å²) in [7, 11) is 0. The van der Waals surface area contributed by atoms with E-state index in [1.54, 1.807) is 0 Å². The lowest BCUT2D eigenvalue weighted by Gasteiger charge is -2.24. The van der Waals surface area contributed by atoms with Crippen molar-refractivity contribution in [2.75, 3.05) is 6.26 Å². The largest absolute Gasteiger partial charge is 0.162 e. The lowest BCUT2D eigenvalue weighted by atomic mass is 9.91. The molecule has 0 radical (unpaired) electrons. The average Bonchev–Trinajstić information content (AvgIpc) is 1.88. The van der Waals surface area contributed by atoms with Crippen LogP contribution in [-0.4, -0.2) is 11.5 Å². The van der Waals surface area contributed by atoms with Crippen molar-refractivity contribution in [2.45, 2.75) is 37.9 Å². The summed E-state index contributed by atoms with van der Waals surface area (Å²) in [4.78, 5) is 0. The van der Waals surface area contributed by atoms with Crippen LogP contribution in [0.4, 0.5) is 0 Å². The number of rotatable bonds is 1. The van der Waals surface area contributed by atoms with Gasteiger partial charge in [-0.05, 0) is 25.0 Å². The first kappa shape index (κ1) is 7.46. The molecule has 0 aromatic rings. The number of thioether (sulfide) groups is 1. The molecule has 0 spiro atoms. The molecular formula is C8H16S. The minimum absolute atomic E-state index is 0.980. The molecule has 0 nitrogen and oxygen atoms in total. The van der Waals surface area contributed by atoms with Crippen molar-refractivity contribution in [2.24, 2.45) is 5.92 Å². The number of hydrogen-bond acceptors (Lipinski definition) is 1. The molecule has 1 aliphatic rings. The maximum atomic E-state index is 2.38. The Kier molecular flexibility index (Phi) is 2.90. The lowest BCUT2D eigenvalue weighted by Crippen LogP contribution is -2.14. The molecule has 2 atom stereocenters. The molecule has 0 heterocycles. The van der Waals surface area contributed by atoms with Crippen molar-refractivity contribution >= 4 is 11.8 Å². The molecule has 0 bridgehead atoms. The molecule has 0 N–H and O–H groups in total. The first-order valence-corrected chi connectivity index (χ1v) is 5.14. The molecule has 1 fully saturated rings. The Hall–Kier alpha value is 0.350. The Morgan fingerprint density at radius 1 is 1.33 bits per heavy atom. The number of hydrogen-bond donors (Lipinski definition) is 0. The van der Waals surface area contributed by atoms with E-state index < -0.39 is 0 Å². The van der Waals surface area contributed by atoms with Gasteiger partial charge in [0.15, 0.2) is 0 Å². The van der Waals surface area contributed by atoms with E-state index in [4.69, 9.17) is 0 Å². The van der Waals surface area contributed by atoms with Crippen molar-refractivity contribution in [1.82, 2.24) is 0 Å². The van der Waals surface area contributed by atoms with E-state index >= 15 is 0 Å². The van der Waals surface area contributed by atoms with Crippen LogP contribution < -0.4 is 0 Å². The zero-order valence-electron chi connectivity index (χ0n) is 6.39. The zero-order chi connectivity index (χ0) is 6.69. The molecule has 0 aromatic heterocycles. The van der Waals surface area contributed by atoms with Gasteiger partial charge in [-0.25, -0.2) is 0 Å². The molecule has 1 aliphatic carbocycles. The molecular weight excluding hydrogens is 128 g/mol. The Morgan fingerprint density at radius 2 is 2.11 bits per heavy atom. The fraction of sp³-hybridized carbons (Fsp3) is 1.00. The van der Waals surface area contributed by atoms with Crippen LogP contribution in [0.2, 0.25) is 0 Å². The molecule has 9 heavy (non-hydrogen) atoms. The van der Waals surface area contributed by atoms with E-state index in [1.807, 2.05) is 11.8 Å². The quantitative estimate of drug-likeness (QED) is 0.545. The smallest absolute Gasteiger partial charge is 0.00468 e. The summed E-state index contributed by atoms with van der Waals surface area (Å²) in [6.07, 6.45) is 8.10. The summed E-state index contributed by atoms with van der Waals surface area (Å²) < 4.78 is 0. The fourth-order valence-corrected chi connectivity index (χ4v) is 2.52. The zero-order valence-corrected chi connectivity index (χ0v) is 7.21. The summed E-state index contributed by atoms with van der Waals surface area (Å²) in [5, 5.41) is 0.980. The maximum Gasteiger partial charge on any atom is 0.00468 e. The molecule has 0 saturated heterocycles. The van der Waals surface area contributed by atoms with Crippen LogP contribution in [0.3, 0.4) is 0 Å². The third-order valence-corrected chi connectivity index (χ3v) is 3.32. The maximum absolute atomic E-state index is 2.38. The van der Waals surface area contributed by atoms with Crippen LogP contribution in [0, 0.1) is 5.92 Å². The van der Waals surface area contributed by atoms with E-state index in [0.717, 1.165) is 11.2 Å². The van der Waals surface area contributed by atoms with Crippen LogP contribution in [0.1, 0.15) is 32.6 Å². The molecule has 0 amide bonds. The highest BCUT2D eigenvalue weighted by Gasteiger charge is 2.16. The van der Waals surface area contributed by atoms with Crippen molar-refractivity contribution in [3.05, 3.63) is 0 Å². The van der Waals surface area contributed by atoms with Crippen molar-refractivity contribution in [3.8, 4) is 0 Å².